The van der Waals surface area contributed by atoms with Gasteiger partial charge in [0.15, 0.2) is 0 Å². The number of amides is 1. The predicted molar refractivity (Wildman–Crippen MR) is 113 cm³/mol. The summed E-state index contributed by atoms with van der Waals surface area (Å²) >= 11 is 0. The van der Waals surface area contributed by atoms with Crippen LogP contribution in [0.5, 0.6) is 5.75 Å². The third-order valence-corrected chi connectivity index (χ3v) is 5.71. The van der Waals surface area contributed by atoms with Crippen LogP contribution in [-0.2, 0) is 25.6 Å². The Morgan fingerprint density at radius 2 is 1.84 bits per heavy atom. The summed E-state index contributed by atoms with van der Waals surface area (Å²) in [5.74, 6) is -0.366. The van der Waals surface area contributed by atoms with E-state index in [1.165, 1.54) is 18.2 Å². The van der Waals surface area contributed by atoms with Gasteiger partial charge in [-0.25, -0.2) is 4.39 Å². The van der Waals surface area contributed by atoms with E-state index in [1.807, 2.05) is 32.0 Å². The number of likely N-dealkylation sites (tertiary alicyclic amines) is 1. The number of halogens is 1. The number of benzene rings is 2. The predicted octanol–water partition coefficient (Wildman–Crippen LogP) is 2.84. The number of ether oxygens (including phenoxy) is 2. The molecule has 2 aromatic rings. The van der Waals surface area contributed by atoms with Crippen LogP contribution in [0, 0.1) is 19.7 Å². The zero-order valence-corrected chi connectivity index (χ0v) is 18.7. The van der Waals surface area contributed by atoms with Crippen LogP contribution in [0.1, 0.15) is 27.0 Å². The molecule has 0 saturated carbocycles. The van der Waals surface area contributed by atoms with E-state index < -0.39 is 28.6 Å². The van der Waals surface area contributed by atoms with E-state index in [0.29, 0.717) is 24.4 Å². The van der Waals surface area contributed by atoms with Gasteiger partial charge in [0.05, 0.1) is 26.0 Å². The van der Waals surface area contributed by atoms with Crippen LogP contribution in [-0.4, -0.2) is 57.9 Å². The molecule has 1 aliphatic rings. The third-order valence-electron chi connectivity index (χ3n) is 5.16. The van der Waals surface area contributed by atoms with Crippen molar-refractivity contribution in [2.24, 2.45) is 0 Å². The Morgan fingerprint density at radius 1 is 1.13 bits per heavy atom. The van der Waals surface area contributed by atoms with Crippen molar-refractivity contribution in [3.05, 3.63) is 64.5 Å². The lowest BCUT2D eigenvalue weighted by Crippen LogP contribution is -2.32. The highest BCUT2D eigenvalue weighted by molar-refractivity contribution is 7.85. The SMILES string of the molecule is COC1CN(C(=O)c2cc(C)ccc2C)CC1Oc1ccc(F)c(COS(C)(=O)=O)c1. The molecule has 1 fully saturated rings. The van der Waals surface area contributed by atoms with E-state index in [4.69, 9.17) is 9.47 Å². The molecule has 2 atom stereocenters. The Balaban J connectivity index is 1.74. The molecule has 168 valence electrons. The van der Waals surface area contributed by atoms with Crippen LogP contribution in [0.25, 0.3) is 0 Å². The normalized spacial score (nSPS) is 18.9. The average Bonchev–Trinajstić information content (AvgIpc) is 3.11. The Hall–Kier alpha value is -2.49. The van der Waals surface area contributed by atoms with Gasteiger partial charge in [0, 0.05) is 18.2 Å². The molecule has 0 N–H and O–H groups in total. The van der Waals surface area contributed by atoms with Crippen LogP contribution >= 0.6 is 0 Å². The summed E-state index contributed by atoms with van der Waals surface area (Å²) in [7, 11) is -2.16. The zero-order chi connectivity index (χ0) is 22.8. The van der Waals surface area contributed by atoms with Crippen molar-refractivity contribution in [1.82, 2.24) is 4.90 Å². The van der Waals surface area contributed by atoms with Gasteiger partial charge in [-0.2, -0.15) is 8.42 Å². The Labute approximate surface area is 181 Å². The molecule has 0 bridgehead atoms. The van der Waals surface area contributed by atoms with Gasteiger partial charge in [0.1, 0.15) is 23.8 Å². The van der Waals surface area contributed by atoms with Gasteiger partial charge in [-0.1, -0.05) is 17.7 Å². The van der Waals surface area contributed by atoms with Crippen LogP contribution < -0.4 is 4.74 Å². The lowest BCUT2D eigenvalue weighted by atomic mass is 10.0. The quantitative estimate of drug-likeness (QED) is 0.602. The summed E-state index contributed by atoms with van der Waals surface area (Å²) in [5, 5.41) is 0. The highest BCUT2D eigenvalue weighted by atomic mass is 32.2. The molecule has 1 saturated heterocycles. The number of carbonyl (C=O) groups is 1. The van der Waals surface area contributed by atoms with Crippen molar-refractivity contribution >= 4 is 16.0 Å². The highest BCUT2D eigenvalue weighted by Crippen LogP contribution is 2.25. The molecule has 1 heterocycles. The molecule has 7 nitrogen and oxygen atoms in total. The number of nitrogens with zero attached hydrogens (tertiary/aromatic N) is 1. The Morgan fingerprint density at radius 3 is 2.52 bits per heavy atom. The molecule has 1 amide bonds. The summed E-state index contributed by atoms with van der Waals surface area (Å²) < 4.78 is 52.6. The minimum atomic E-state index is -3.71. The molecular weight excluding hydrogens is 425 g/mol. The first-order chi connectivity index (χ1) is 14.6. The maximum absolute atomic E-state index is 14.0. The van der Waals surface area contributed by atoms with Crippen LogP contribution in [0.4, 0.5) is 4.39 Å². The molecule has 0 spiro atoms. The second kappa shape index (κ2) is 9.33. The summed E-state index contributed by atoms with van der Waals surface area (Å²) in [6.45, 7) is 4.06. The largest absolute Gasteiger partial charge is 0.486 e. The number of hydrogen-bond donors (Lipinski definition) is 0. The van der Waals surface area contributed by atoms with Crippen molar-refractivity contribution < 1.29 is 31.3 Å². The number of hydrogen-bond acceptors (Lipinski definition) is 6. The molecule has 0 radical (unpaired) electrons. The van der Waals surface area contributed by atoms with Crippen molar-refractivity contribution in [2.45, 2.75) is 32.7 Å². The first-order valence-electron chi connectivity index (χ1n) is 9.76. The molecule has 31 heavy (non-hydrogen) atoms. The standard InChI is InChI=1S/C22H26FNO6S/c1-14-5-6-15(2)18(9-14)22(25)24-11-20(28-3)21(12-24)30-17-7-8-19(23)16(10-17)13-29-31(4,26)27/h5-10,20-21H,11-13H2,1-4H3. The fourth-order valence-corrected chi connectivity index (χ4v) is 3.81. The van der Waals surface area contributed by atoms with Gasteiger partial charge in [-0.3, -0.25) is 8.98 Å². The second-order valence-electron chi connectivity index (χ2n) is 7.68. The number of aryl methyl sites for hydroxylation is 2. The number of carbonyl (C=O) groups excluding carboxylic acids is 1. The minimum Gasteiger partial charge on any atom is -0.486 e. The molecule has 0 aromatic heterocycles. The molecular formula is C22H26FNO6S. The van der Waals surface area contributed by atoms with Crippen LogP contribution in [0.3, 0.4) is 0 Å². The maximum Gasteiger partial charge on any atom is 0.264 e. The molecule has 0 aliphatic carbocycles. The summed E-state index contributed by atoms with van der Waals surface area (Å²) in [6, 6.07) is 9.76. The van der Waals surface area contributed by atoms with Crippen LogP contribution in [0.2, 0.25) is 0 Å². The van der Waals surface area contributed by atoms with Gasteiger partial charge in [-0.05, 0) is 43.7 Å². The molecule has 2 aromatic carbocycles. The summed E-state index contributed by atoms with van der Waals surface area (Å²) in [5.41, 5.74) is 2.58. The monoisotopic (exact) mass is 451 g/mol. The van der Waals surface area contributed by atoms with E-state index in [-0.39, 0.29) is 17.6 Å². The maximum atomic E-state index is 14.0. The molecule has 3 rings (SSSR count). The van der Waals surface area contributed by atoms with Gasteiger partial charge in [0.25, 0.3) is 16.0 Å². The van der Waals surface area contributed by atoms with Gasteiger partial charge in [-0.15, -0.1) is 0 Å². The van der Waals surface area contributed by atoms with Crippen molar-refractivity contribution in [3.8, 4) is 5.75 Å². The smallest absolute Gasteiger partial charge is 0.264 e. The lowest BCUT2D eigenvalue weighted by molar-refractivity contribution is 0.0338. The molecule has 1 aliphatic heterocycles. The second-order valence-corrected chi connectivity index (χ2v) is 9.32. The van der Waals surface area contributed by atoms with E-state index >= 15 is 0 Å². The van der Waals surface area contributed by atoms with Crippen molar-refractivity contribution in [3.63, 3.8) is 0 Å². The summed E-state index contributed by atoms with van der Waals surface area (Å²) in [4.78, 5) is 14.7. The highest BCUT2D eigenvalue weighted by Gasteiger charge is 2.37. The van der Waals surface area contributed by atoms with E-state index in [2.05, 4.69) is 4.18 Å². The van der Waals surface area contributed by atoms with E-state index in [9.17, 15) is 17.6 Å². The lowest BCUT2D eigenvalue weighted by Gasteiger charge is -2.19. The molecule has 2 unspecified atom stereocenters. The van der Waals surface area contributed by atoms with E-state index in [1.54, 1.807) is 12.0 Å². The van der Waals surface area contributed by atoms with Gasteiger partial charge < -0.3 is 14.4 Å². The number of methoxy groups -OCH3 is 1. The van der Waals surface area contributed by atoms with Gasteiger partial charge >= 0.3 is 0 Å². The fourth-order valence-electron chi connectivity index (χ4n) is 3.47. The first kappa shape index (κ1) is 23.2. The fraction of sp³-hybridized carbons (Fsp3) is 0.409. The van der Waals surface area contributed by atoms with E-state index in [0.717, 1.165) is 17.4 Å². The van der Waals surface area contributed by atoms with Crippen molar-refractivity contribution in [1.29, 1.82) is 0 Å². The third kappa shape index (κ3) is 5.81. The minimum absolute atomic E-state index is 0.0539. The average molecular weight is 452 g/mol. The van der Waals surface area contributed by atoms with Crippen LogP contribution in [0.15, 0.2) is 36.4 Å². The Bertz CT molecular complexity index is 1070. The zero-order valence-electron chi connectivity index (χ0n) is 17.9. The first-order valence-corrected chi connectivity index (χ1v) is 11.6. The van der Waals surface area contributed by atoms with Crippen molar-refractivity contribution in [2.75, 3.05) is 26.5 Å². The van der Waals surface area contributed by atoms with Gasteiger partial charge in [0.2, 0.25) is 0 Å². The topological polar surface area (TPSA) is 82.1 Å². The Kier molecular flexibility index (Phi) is 6.98. The number of rotatable bonds is 7. The molecule has 9 heteroatoms. The summed E-state index contributed by atoms with van der Waals surface area (Å²) in [6.07, 6.45) is 0.0668.